The lowest BCUT2D eigenvalue weighted by Gasteiger charge is -2.33. The van der Waals surface area contributed by atoms with E-state index in [-0.39, 0.29) is 6.23 Å². The van der Waals surface area contributed by atoms with Crippen LogP contribution < -0.4 is 0 Å². The molecule has 0 saturated carbocycles. The third kappa shape index (κ3) is 7.49. The molecule has 104 valence electrons. The maximum atomic E-state index is 6.23. The van der Waals surface area contributed by atoms with Gasteiger partial charge in [0.25, 0.3) is 0 Å². The van der Waals surface area contributed by atoms with E-state index in [1.807, 2.05) is 0 Å². The first kappa shape index (κ1) is 17.5. The van der Waals surface area contributed by atoms with Crippen LogP contribution in [0.1, 0.15) is 33.6 Å². The quantitative estimate of drug-likeness (QED) is 0.411. The van der Waals surface area contributed by atoms with Crippen LogP contribution in [0.4, 0.5) is 0 Å². The van der Waals surface area contributed by atoms with Gasteiger partial charge in [0.15, 0.2) is 8.32 Å². The average Bonchev–Trinajstić information content (AvgIpc) is 2.16. The summed E-state index contributed by atoms with van der Waals surface area (Å²) in [5.41, 5.74) is 0. The Morgan fingerprint density at radius 3 is 2.18 bits per heavy atom. The van der Waals surface area contributed by atoms with E-state index in [0.29, 0.717) is 11.2 Å². The SMILES string of the molecule is CCCC(S)C(C)C[Si](C)(C)OC(C)N(C)C. The molecule has 0 aromatic rings. The summed E-state index contributed by atoms with van der Waals surface area (Å²) >= 11 is 4.70. The number of hydrogen-bond donors (Lipinski definition) is 1. The maximum absolute atomic E-state index is 6.23. The second kappa shape index (κ2) is 7.82. The van der Waals surface area contributed by atoms with Crippen LogP contribution in [0.2, 0.25) is 19.1 Å². The summed E-state index contributed by atoms with van der Waals surface area (Å²) in [7, 11) is 2.56. The van der Waals surface area contributed by atoms with Gasteiger partial charge in [0, 0.05) is 5.25 Å². The summed E-state index contributed by atoms with van der Waals surface area (Å²) in [5, 5.41) is 0.519. The van der Waals surface area contributed by atoms with E-state index in [1.54, 1.807) is 0 Å². The Labute approximate surface area is 115 Å². The lowest BCUT2D eigenvalue weighted by molar-refractivity contribution is 0.0720. The minimum absolute atomic E-state index is 0.216. The topological polar surface area (TPSA) is 12.5 Å². The lowest BCUT2D eigenvalue weighted by Crippen LogP contribution is -2.42. The van der Waals surface area contributed by atoms with Crippen LogP contribution in [0.25, 0.3) is 0 Å². The smallest absolute Gasteiger partial charge is 0.189 e. The fraction of sp³-hybridized carbons (Fsp3) is 1.00. The molecule has 0 aromatic carbocycles. The minimum Gasteiger partial charge on any atom is -0.402 e. The number of thiol groups is 1. The van der Waals surface area contributed by atoms with Crippen molar-refractivity contribution in [3.63, 3.8) is 0 Å². The summed E-state index contributed by atoms with van der Waals surface area (Å²) < 4.78 is 6.23. The molecule has 0 aliphatic heterocycles. The van der Waals surface area contributed by atoms with Gasteiger partial charge in [-0.05, 0) is 52.5 Å². The number of hydrogen-bond acceptors (Lipinski definition) is 3. The summed E-state index contributed by atoms with van der Waals surface area (Å²) in [6, 6.07) is 1.19. The molecule has 0 bridgehead atoms. The first-order valence-electron chi connectivity index (χ1n) is 6.72. The first-order chi connectivity index (χ1) is 7.69. The van der Waals surface area contributed by atoms with E-state index in [1.165, 1.54) is 18.9 Å². The summed E-state index contributed by atoms with van der Waals surface area (Å²) in [6.07, 6.45) is 2.64. The molecule has 3 atom stereocenters. The van der Waals surface area contributed by atoms with Crippen LogP contribution in [0.15, 0.2) is 0 Å². The molecule has 0 rings (SSSR count). The van der Waals surface area contributed by atoms with Crippen molar-refractivity contribution in [2.24, 2.45) is 5.92 Å². The Bertz CT molecular complexity index is 212. The van der Waals surface area contributed by atoms with Crippen LogP contribution in [0, 0.1) is 5.92 Å². The Morgan fingerprint density at radius 2 is 1.76 bits per heavy atom. The average molecular weight is 278 g/mol. The zero-order valence-corrected chi connectivity index (χ0v) is 14.6. The van der Waals surface area contributed by atoms with Gasteiger partial charge in [-0.1, -0.05) is 20.3 Å². The predicted molar refractivity (Wildman–Crippen MR) is 83.4 cm³/mol. The van der Waals surface area contributed by atoms with Crippen molar-refractivity contribution in [2.75, 3.05) is 14.1 Å². The van der Waals surface area contributed by atoms with Crippen molar-refractivity contribution in [3.05, 3.63) is 0 Å². The van der Waals surface area contributed by atoms with Gasteiger partial charge in [-0.25, -0.2) is 0 Å². The zero-order chi connectivity index (χ0) is 13.6. The van der Waals surface area contributed by atoms with Crippen molar-refractivity contribution in [1.29, 1.82) is 0 Å². The van der Waals surface area contributed by atoms with Crippen molar-refractivity contribution in [3.8, 4) is 0 Å². The normalized spacial score (nSPS) is 18.2. The highest BCUT2D eigenvalue weighted by Crippen LogP contribution is 2.26. The third-order valence-electron chi connectivity index (χ3n) is 3.27. The van der Waals surface area contributed by atoms with E-state index in [4.69, 9.17) is 17.1 Å². The molecule has 2 nitrogen and oxygen atoms in total. The van der Waals surface area contributed by atoms with Crippen molar-refractivity contribution in [2.45, 2.75) is 64.2 Å². The third-order valence-corrected chi connectivity index (χ3v) is 6.65. The monoisotopic (exact) mass is 277 g/mol. The standard InChI is InChI=1S/C13H31NOSSi/c1-8-9-13(16)11(2)10-17(6,7)15-12(3)14(4)5/h11-13,16H,8-10H2,1-7H3. The van der Waals surface area contributed by atoms with Gasteiger partial charge < -0.3 is 4.43 Å². The molecule has 0 heterocycles. The second-order valence-electron chi connectivity index (χ2n) is 5.98. The Balaban J connectivity index is 4.23. The molecule has 0 fully saturated rings. The van der Waals surface area contributed by atoms with Crippen LogP contribution in [0.3, 0.4) is 0 Å². The molecular weight excluding hydrogens is 246 g/mol. The molecular formula is C13H31NOSSi. The molecule has 4 heteroatoms. The van der Waals surface area contributed by atoms with Gasteiger partial charge in [0.1, 0.15) is 0 Å². The van der Waals surface area contributed by atoms with Gasteiger partial charge in [-0.15, -0.1) is 0 Å². The van der Waals surface area contributed by atoms with Gasteiger partial charge in [0.2, 0.25) is 0 Å². The van der Waals surface area contributed by atoms with Crippen molar-refractivity contribution < 1.29 is 4.43 Å². The summed E-state index contributed by atoms with van der Waals surface area (Å²) in [6.45, 7) is 11.3. The molecule has 3 unspecified atom stereocenters. The highest BCUT2D eigenvalue weighted by atomic mass is 32.1. The second-order valence-corrected chi connectivity index (χ2v) is 10.8. The Morgan fingerprint density at radius 1 is 1.24 bits per heavy atom. The van der Waals surface area contributed by atoms with Crippen LogP contribution in [-0.2, 0) is 4.43 Å². The van der Waals surface area contributed by atoms with Gasteiger partial charge in [0.05, 0.1) is 6.23 Å². The van der Waals surface area contributed by atoms with Gasteiger partial charge >= 0.3 is 0 Å². The molecule has 0 N–H and O–H groups in total. The molecule has 0 amide bonds. The molecule has 0 radical (unpaired) electrons. The van der Waals surface area contributed by atoms with E-state index < -0.39 is 8.32 Å². The van der Waals surface area contributed by atoms with E-state index >= 15 is 0 Å². The van der Waals surface area contributed by atoms with Gasteiger partial charge in [-0.2, -0.15) is 12.6 Å². The lowest BCUT2D eigenvalue weighted by atomic mass is 10.1. The first-order valence-corrected chi connectivity index (χ1v) is 10.3. The Hall–Kier alpha value is 0.487. The van der Waals surface area contributed by atoms with Crippen LogP contribution in [0.5, 0.6) is 0 Å². The van der Waals surface area contributed by atoms with Gasteiger partial charge in [-0.3, -0.25) is 4.90 Å². The zero-order valence-electron chi connectivity index (χ0n) is 12.7. The Kier molecular flexibility index (Phi) is 8.04. The molecule has 0 saturated heterocycles. The summed E-state index contributed by atoms with van der Waals surface area (Å²) in [5.74, 6) is 0.648. The minimum atomic E-state index is -1.57. The summed E-state index contributed by atoms with van der Waals surface area (Å²) in [4.78, 5) is 2.13. The number of rotatable bonds is 8. The highest BCUT2D eigenvalue weighted by Gasteiger charge is 2.30. The molecule has 0 aliphatic rings. The highest BCUT2D eigenvalue weighted by molar-refractivity contribution is 7.81. The van der Waals surface area contributed by atoms with E-state index in [2.05, 4.69) is 52.9 Å². The largest absolute Gasteiger partial charge is 0.402 e. The van der Waals surface area contributed by atoms with Crippen LogP contribution >= 0.6 is 12.6 Å². The molecule has 0 aromatic heterocycles. The van der Waals surface area contributed by atoms with E-state index in [0.717, 1.165) is 0 Å². The van der Waals surface area contributed by atoms with Crippen molar-refractivity contribution in [1.82, 2.24) is 4.90 Å². The predicted octanol–water partition coefficient (Wildman–Crippen LogP) is 3.85. The van der Waals surface area contributed by atoms with E-state index in [9.17, 15) is 0 Å². The van der Waals surface area contributed by atoms with Crippen molar-refractivity contribution >= 4 is 20.9 Å². The maximum Gasteiger partial charge on any atom is 0.189 e. The molecule has 0 aliphatic carbocycles. The van der Waals surface area contributed by atoms with Crippen LogP contribution in [-0.4, -0.2) is 38.8 Å². The fourth-order valence-corrected chi connectivity index (χ4v) is 5.73. The fourth-order valence-electron chi connectivity index (χ4n) is 2.11. The molecule has 17 heavy (non-hydrogen) atoms. The molecule has 0 spiro atoms. The number of nitrogens with zero attached hydrogens (tertiary/aromatic N) is 1.